The van der Waals surface area contributed by atoms with Crippen LogP contribution in [0, 0.1) is 0 Å². The van der Waals surface area contributed by atoms with Crippen molar-refractivity contribution in [3.8, 4) is 5.75 Å². The monoisotopic (exact) mass is 222 g/mol. The van der Waals surface area contributed by atoms with E-state index in [4.69, 9.17) is 4.74 Å². The Bertz CT molecular complexity index is 284. The molecule has 0 bridgehead atoms. The molecule has 3 heteroatoms. The Morgan fingerprint density at radius 2 is 2.12 bits per heavy atom. The summed E-state index contributed by atoms with van der Waals surface area (Å²) in [6.07, 6.45) is 4.00. The maximum Gasteiger partial charge on any atom is 0.137 e. The third-order valence-electron chi connectivity index (χ3n) is 2.48. The SMILES string of the molecule is CCCNC(CC)c1ccc(OCC)cn1. The van der Waals surface area contributed by atoms with Crippen LogP contribution in [0.4, 0.5) is 0 Å². The first-order chi connectivity index (χ1) is 7.81. The maximum atomic E-state index is 5.37. The van der Waals surface area contributed by atoms with Crippen LogP contribution >= 0.6 is 0 Å². The molecule has 1 atom stereocenters. The quantitative estimate of drug-likeness (QED) is 0.770. The van der Waals surface area contributed by atoms with Crippen LogP contribution in [-0.2, 0) is 0 Å². The zero-order chi connectivity index (χ0) is 11.8. The van der Waals surface area contributed by atoms with Crippen molar-refractivity contribution in [2.45, 2.75) is 39.7 Å². The van der Waals surface area contributed by atoms with Gasteiger partial charge in [-0.3, -0.25) is 4.98 Å². The summed E-state index contributed by atoms with van der Waals surface area (Å²) in [4.78, 5) is 4.43. The summed E-state index contributed by atoms with van der Waals surface area (Å²) in [5.41, 5.74) is 1.10. The number of pyridine rings is 1. The lowest BCUT2D eigenvalue weighted by atomic mass is 10.1. The summed E-state index contributed by atoms with van der Waals surface area (Å²) < 4.78 is 5.37. The molecule has 1 aromatic rings. The molecular formula is C13H22N2O. The molecule has 1 rings (SSSR count). The highest BCUT2D eigenvalue weighted by atomic mass is 16.5. The minimum atomic E-state index is 0.357. The first kappa shape index (κ1) is 13.0. The Morgan fingerprint density at radius 1 is 1.31 bits per heavy atom. The van der Waals surface area contributed by atoms with Crippen molar-refractivity contribution in [2.75, 3.05) is 13.2 Å². The molecule has 1 N–H and O–H groups in total. The molecule has 1 unspecified atom stereocenters. The molecule has 0 saturated heterocycles. The van der Waals surface area contributed by atoms with Crippen LogP contribution < -0.4 is 10.1 Å². The molecule has 0 saturated carbocycles. The third-order valence-corrected chi connectivity index (χ3v) is 2.48. The van der Waals surface area contributed by atoms with Gasteiger partial charge in [-0.05, 0) is 38.4 Å². The van der Waals surface area contributed by atoms with Gasteiger partial charge in [-0.25, -0.2) is 0 Å². The average Bonchev–Trinajstić information content (AvgIpc) is 2.32. The van der Waals surface area contributed by atoms with E-state index in [1.165, 1.54) is 0 Å². The van der Waals surface area contributed by atoms with Gasteiger partial charge in [0.1, 0.15) is 5.75 Å². The lowest BCUT2D eigenvalue weighted by Crippen LogP contribution is -2.22. The average molecular weight is 222 g/mol. The van der Waals surface area contributed by atoms with E-state index in [9.17, 15) is 0 Å². The van der Waals surface area contributed by atoms with Crippen LogP contribution in [-0.4, -0.2) is 18.1 Å². The molecule has 1 heterocycles. The standard InChI is InChI=1S/C13H22N2O/c1-4-9-14-12(5-2)13-8-7-11(10-15-13)16-6-3/h7-8,10,12,14H,4-6,9H2,1-3H3. The third kappa shape index (κ3) is 3.81. The van der Waals surface area contributed by atoms with Gasteiger partial charge >= 0.3 is 0 Å². The Labute approximate surface area is 98.2 Å². The maximum absolute atomic E-state index is 5.37. The Hall–Kier alpha value is -1.09. The second-order valence-corrected chi connectivity index (χ2v) is 3.77. The molecule has 0 spiro atoms. The molecule has 0 aliphatic heterocycles. The minimum absolute atomic E-state index is 0.357. The number of nitrogens with zero attached hydrogens (tertiary/aromatic N) is 1. The van der Waals surface area contributed by atoms with E-state index >= 15 is 0 Å². The Balaban J connectivity index is 2.62. The van der Waals surface area contributed by atoms with E-state index in [-0.39, 0.29) is 0 Å². The summed E-state index contributed by atoms with van der Waals surface area (Å²) in [7, 11) is 0. The smallest absolute Gasteiger partial charge is 0.137 e. The van der Waals surface area contributed by atoms with Crippen molar-refractivity contribution < 1.29 is 4.74 Å². The van der Waals surface area contributed by atoms with Gasteiger partial charge in [0, 0.05) is 6.04 Å². The number of rotatable bonds is 7. The molecule has 0 amide bonds. The zero-order valence-corrected chi connectivity index (χ0v) is 10.5. The Kier molecular flexibility index (Phi) is 5.86. The van der Waals surface area contributed by atoms with E-state index in [1.54, 1.807) is 6.20 Å². The lowest BCUT2D eigenvalue weighted by molar-refractivity contribution is 0.338. The summed E-state index contributed by atoms with van der Waals surface area (Å²) in [5, 5.41) is 3.48. The normalized spacial score (nSPS) is 12.4. The van der Waals surface area contributed by atoms with Crippen molar-refractivity contribution in [2.24, 2.45) is 0 Å². The molecule has 16 heavy (non-hydrogen) atoms. The largest absolute Gasteiger partial charge is 0.492 e. The van der Waals surface area contributed by atoms with Gasteiger partial charge in [0.05, 0.1) is 18.5 Å². The topological polar surface area (TPSA) is 34.1 Å². The number of hydrogen-bond donors (Lipinski definition) is 1. The van der Waals surface area contributed by atoms with Gasteiger partial charge in [-0.1, -0.05) is 13.8 Å². The fourth-order valence-electron chi connectivity index (χ4n) is 1.63. The fraction of sp³-hybridized carbons (Fsp3) is 0.615. The van der Waals surface area contributed by atoms with Crippen molar-refractivity contribution >= 4 is 0 Å². The van der Waals surface area contributed by atoms with Gasteiger partial charge in [0.15, 0.2) is 0 Å². The van der Waals surface area contributed by atoms with Crippen LogP contribution in [0.1, 0.15) is 45.3 Å². The van der Waals surface area contributed by atoms with Crippen LogP contribution in [0.3, 0.4) is 0 Å². The summed E-state index contributed by atoms with van der Waals surface area (Å²) >= 11 is 0. The zero-order valence-electron chi connectivity index (χ0n) is 10.5. The van der Waals surface area contributed by atoms with E-state index in [0.29, 0.717) is 12.6 Å². The Morgan fingerprint density at radius 3 is 2.62 bits per heavy atom. The molecule has 0 fully saturated rings. The van der Waals surface area contributed by atoms with E-state index in [2.05, 4.69) is 24.1 Å². The highest BCUT2D eigenvalue weighted by Gasteiger charge is 2.09. The number of ether oxygens (including phenoxy) is 1. The van der Waals surface area contributed by atoms with Crippen molar-refractivity contribution in [1.82, 2.24) is 10.3 Å². The predicted molar refractivity (Wildman–Crippen MR) is 66.7 cm³/mol. The van der Waals surface area contributed by atoms with E-state index in [1.807, 2.05) is 19.1 Å². The summed E-state index contributed by atoms with van der Waals surface area (Å²) in [5.74, 6) is 0.844. The van der Waals surface area contributed by atoms with Crippen molar-refractivity contribution in [3.05, 3.63) is 24.0 Å². The van der Waals surface area contributed by atoms with Crippen LogP contribution in [0.25, 0.3) is 0 Å². The summed E-state index contributed by atoms with van der Waals surface area (Å²) in [6.45, 7) is 8.04. The second kappa shape index (κ2) is 7.23. The predicted octanol–water partition coefficient (Wildman–Crippen LogP) is 2.93. The summed E-state index contributed by atoms with van der Waals surface area (Å²) in [6, 6.07) is 4.39. The fourth-order valence-corrected chi connectivity index (χ4v) is 1.63. The molecule has 0 aliphatic carbocycles. The van der Waals surface area contributed by atoms with E-state index in [0.717, 1.165) is 30.8 Å². The number of nitrogens with one attached hydrogen (secondary N) is 1. The molecular weight excluding hydrogens is 200 g/mol. The second-order valence-electron chi connectivity index (χ2n) is 3.77. The molecule has 0 aliphatic rings. The van der Waals surface area contributed by atoms with Gasteiger partial charge in [-0.15, -0.1) is 0 Å². The molecule has 0 aromatic carbocycles. The van der Waals surface area contributed by atoms with E-state index < -0.39 is 0 Å². The van der Waals surface area contributed by atoms with Gasteiger partial charge in [0.2, 0.25) is 0 Å². The molecule has 90 valence electrons. The molecule has 0 radical (unpaired) electrons. The molecule has 3 nitrogen and oxygen atoms in total. The lowest BCUT2D eigenvalue weighted by Gasteiger charge is -2.16. The van der Waals surface area contributed by atoms with Gasteiger partial charge < -0.3 is 10.1 Å². The first-order valence-corrected chi connectivity index (χ1v) is 6.13. The first-order valence-electron chi connectivity index (χ1n) is 6.13. The number of aromatic nitrogens is 1. The highest BCUT2D eigenvalue weighted by molar-refractivity contribution is 5.21. The van der Waals surface area contributed by atoms with Crippen molar-refractivity contribution in [1.29, 1.82) is 0 Å². The van der Waals surface area contributed by atoms with Gasteiger partial charge in [-0.2, -0.15) is 0 Å². The highest BCUT2D eigenvalue weighted by Crippen LogP contribution is 2.17. The van der Waals surface area contributed by atoms with Gasteiger partial charge in [0.25, 0.3) is 0 Å². The molecule has 1 aromatic heterocycles. The van der Waals surface area contributed by atoms with Crippen molar-refractivity contribution in [3.63, 3.8) is 0 Å². The van der Waals surface area contributed by atoms with Crippen LogP contribution in [0.5, 0.6) is 5.75 Å². The minimum Gasteiger partial charge on any atom is -0.492 e. The van der Waals surface area contributed by atoms with Crippen LogP contribution in [0.2, 0.25) is 0 Å². The van der Waals surface area contributed by atoms with Crippen LogP contribution in [0.15, 0.2) is 18.3 Å². The number of hydrogen-bond acceptors (Lipinski definition) is 3.